The quantitative estimate of drug-likeness (QED) is 0.447. The molecule has 0 aliphatic carbocycles. The number of rotatable bonds is 7. The molecule has 2 aliphatic heterocycles. The molecule has 0 spiro atoms. The number of anilines is 2. The highest BCUT2D eigenvalue weighted by atomic mass is 16.7. The maximum absolute atomic E-state index is 14.5. The molecule has 2 unspecified atom stereocenters. The smallest absolute Gasteiger partial charge is 0.320 e. The molecule has 2 atom stereocenters. The Kier molecular flexibility index (Phi) is 6.88. The van der Waals surface area contributed by atoms with Crippen molar-refractivity contribution in [3.8, 4) is 0 Å². The van der Waals surface area contributed by atoms with E-state index >= 15 is 0 Å². The van der Waals surface area contributed by atoms with Gasteiger partial charge >= 0.3 is 6.03 Å². The summed E-state index contributed by atoms with van der Waals surface area (Å²) in [5, 5.41) is 5.68. The van der Waals surface area contributed by atoms with Crippen molar-refractivity contribution in [3.63, 3.8) is 0 Å². The lowest BCUT2D eigenvalue weighted by Crippen LogP contribution is -2.60. The number of benzene rings is 3. The number of urea groups is 1. The summed E-state index contributed by atoms with van der Waals surface area (Å²) in [6.07, 6.45) is -0.629. The zero-order valence-corrected chi connectivity index (χ0v) is 21.3. The molecule has 1 fully saturated rings. The van der Waals surface area contributed by atoms with Crippen LogP contribution in [0.2, 0.25) is 0 Å². The molecule has 1 saturated heterocycles. The van der Waals surface area contributed by atoms with Crippen LogP contribution in [-0.2, 0) is 24.6 Å². The predicted octanol–water partition coefficient (Wildman–Crippen LogP) is 3.31. The molecule has 0 saturated carbocycles. The van der Waals surface area contributed by atoms with Gasteiger partial charge in [0.2, 0.25) is 5.91 Å². The van der Waals surface area contributed by atoms with Gasteiger partial charge in [0.25, 0.3) is 5.91 Å². The lowest BCUT2D eigenvalue weighted by molar-refractivity contribution is -0.131. The number of amides is 4. The second kappa shape index (κ2) is 10.3. The summed E-state index contributed by atoms with van der Waals surface area (Å²) >= 11 is 0. The van der Waals surface area contributed by atoms with Crippen LogP contribution in [0.3, 0.4) is 0 Å². The minimum atomic E-state index is -1.81. The third-order valence-corrected chi connectivity index (χ3v) is 6.97. The van der Waals surface area contributed by atoms with Crippen LogP contribution in [0.15, 0.2) is 72.8 Å². The zero-order valence-electron chi connectivity index (χ0n) is 21.3. The van der Waals surface area contributed by atoms with E-state index in [-0.39, 0.29) is 6.54 Å². The monoisotopic (exact) mass is 514 g/mol. The van der Waals surface area contributed by atoms with Crippen molar-refractivity contribution >= 4 is 29.2 Å². The number of carbonyl (C=O) groups is 3. The molecule has 4 amide bonds. The third-order valence-electron chi connectivity index (χ3n) is 6.97. The van der Waals surface area contributed by atoms with Crippen LogP contribution in [0, 0.1) is 13.8 Å². The number of aryl methyl sites for hydroxylation is 2. The third kappa shape index (κ3) is 4.62. The molecule has 0 bridgehead atoms. The maximum atomic E-state index is 14.5. The second-order valence-corrected chi connectivity index (χ2v) is 9.60. The van der Waals surface area contributed by atoms with Crippen LogP contribution in [0.25, 0.3) is 0 Å². The van der Waals surface area contributed by atoms with Crippen molar-refractivity contribution in [3.05, 3.63) is 95.1 Å². The normalized spacial score (nSPS) is 19.7. The van der Waals surface area contributed by atoms with E-state index in [9.17, 15) is 14.4 Å². The van der Waals surface area contributed by atoms with Gasteiger partial charge in [-0.3, -0.25) is 9.59 Å². The SMILES string of the molecule is Cc1ccc(NC(=O)NC2(C(C(N)=O)c3ccc(C)cc3)C(=O)N(CC3OCCO3)c3ccccc32)cc1. The van der Waals surface area contributed by atoms with Gasteiger partial charge in [0.1, 0.15) is 0 Å². The van der Waals surface area contributed by atoms with Crippen molar-refractivity contribution in [2.75, 3.05) is 30.0 Å². The number of nitrogens with two attached hydrogens (primary N) is 1. The molecule has 0 radical (unpaired) electrons. The van der Waals surface area contributed by atoms with Crippen LogP contribution in [0.1, 0.15) is 28.2 Å². The molecule has 38 heavy (non-hydrogen) atoms. The van der Waals surface area contributed by atoms with E-state index in [1.54, 1.807) is 48.5 Å². The highest BCUT2D eigenvalue weighted by molar-refractivity contribution is 6.13. The first-order valence-electron chi connectivity index (χ1n) is 12.5. The summed E-state index contributed by atoms with van der Waals surface area (Å²) in [6, 6.07) is 20.9. The van der Waals surface area contributed by atoms with Gasteiger partial charge in [0.05, 0.1) is 31.4 Å². The average molecular weight is 515 g/mol. The Hall–Kier alpha value is -4.21. The summed E-state index contributed by atoms with van der Waals surface area (Å²) in [7, 11) is 0. The highest BCUT2D eigenvalue weighted by Gasteiger charge is 2.59. The number of hydrogen-bond donors (Lipinski definition) is 3. The van der Waals surface area contributed by atoms with Crippen LogP contribution in [-0.4, -0.2) is 43.9 Å². The summed E-state index contributed by atoms with van der Waals surface area (Å²) < 4.78 is 11.2. The number of nitrogens with one attached hydrogen (secondary N) is 2. The molecule has 5 rings (SSSR count). The van der Waals surface area contributed by atoms with E-state index in [0.717, 1.165) is 11.1 Å². The molecule has 9 nitrogen and oxygen atoms in total. The highest BCUT2D eigenvalue weighted by Crippen LogP contribution is 2.48. The number of hydrogen-bond acceptors (Lipinski definition) is 5. The molecule has 0 aromatic heterocycles. The van der Waals surface area contributed by atoms with Crippen LogP contribution in [0.5, 0.6) is 0 Å². The van der Waals surface area contributed by atoms with Crippen molar-refractivity contribution in [2.45, 2.75) is 31.6 Å². The van der Waals surface area contributed by atoms with Crippen LogP contribution < -0.4 is 21.3 Å². The number of nitrogens with zero attached hydrogens (tertiary/aromatic N) is 1. The first-order chi connectivity index (χ1) is 18.3. The van der Waals surface area contributed by atoms with E-state index in [4.69, 9.17) is 15.2 Å². The number of para-hydroxylation sites is 1. The van der Waals surface area contributed by atoms with Gasteiger partial charge in [0.15, 0.2) is 11.8 Å². The minimum Gasteiger partial charge on any atom is -0.369 e. The lowest BCUT2D eigenvalue weighted by Gasteiger charge is -2.36. The fraction of sp³-hybridized carbons (Fsp3) is 0.276. The van der Waals surface area contributed by atoms with Gasteiger partial charge in [-0.2, -0.15) is 0 Å². The largest absolute Gasteiger partial charge is 0.369 e. The van der Waals surface area contributed by atoms with Crippen LogP contribution in [0.4, 0.5) is 16.2 Å². The van der Waals surface area contributed by atoms with Crippen molar-refractivity contribution < 1.29 is 23.9 Å². The number of carbonyl (C=O) groups excluding carboxylic acids is 3. The molecular formula is C29H30N4O5. The fourth-order valence-corrected chi connectivity index (χ4v) is 5.16. The summed E-state index contributed by atoms with van der Waals surface area (Å²) in [4.78, 5) is 42.6. The molecule has 4 N–H and O–H groups in total. The second-order valence-electron chi connectivity index (χ2n) is 9.60. The van der Waals surface area contributed by atoms with Crippen molar-refractivity contribution in [1.82, 2.24) is 5.32 Å². The van der Waals surface area contributed by atoms with E-state index < -0.39 is 35.6 Å². The molecular weight excluding hydrogens is 484 g/mol. The maximum Gasteiger partial charge on any atom is 0.320 e. The lowest BCUT2D eigenvalue weighted by atomic mass is 9.74. The molecule has 3 aromatic carbocycles. The van der Waals surface area contributed by atoms with E-state index in [0.29, 0.717) is 35.7 Å². The first-order valence-corrected chi connectivity index (χ1v) is 12.5. The molecule has 196 valence electrons. The summed E-state index contributed by atoms with van der Waals surface area (Å²) in [5.74, 6) is -2.44. The Labute approximate surface area is 220 Å². The minimum absolute atomic E-state index is 0.0955. The van der Waals surface area contributed by atoms with E-state index in [1.165, 1.54) is 4.90 Å². The summed E-state index contributed by atoms with van der Waals surface area (Å²) in [6.45, 7) is 4.80. The van der Waals surface area contributed by atoms with E-state index in [2.05, 4.69) is 10.6 Å². The first kappa shape index (κ1) is 25.4. The topological polar surface area (TPSA) is 123 Å². The Morgan fingerprint density at radius 1 is 0.974 bits per heavy atom. The molecule has 3 aromatic rings. The van der Waals surface area contributed by atoms with E-state index in [1.807, 2.05) is 38.1 Å². The van der Waals surface area contributed by atoms with Gasteiger partial charge < -0.3 is 30.7 Å². The van der Waals surface area contributed by atoms with Crippen molar-refractivity contribution in [1.29, 1.82) is 0 Å². The number of ether oxygens (including phenoxy) is 2. The predicted molar refractivity (Wildman–Crippen MR) is 143 cm³/mol. The Balaban J connectivity index is 1.62. The zero-order chi connectivity index (χ0) is 26.9. The molecule has 2 aliphatic rings. The summed E-state index contributed by atoms with van der Waals surface area (Å²) in [5.41, 5.74) is 8.27. The Morgan fingerprint density at radius 3 is 2.21 bits per heavy atom. The number of fused-ring (bicyclic) bond motifs is 1. The van der Waals surface area contributed by atoms with Gasteiger partial charge in [-0.1, -0.05) is 65.7 Å². The van der Waals surface area contributed by atoms with Crippen molar-refractivity contribution in [2.24, 2.45) is 5.73 Å². The van der Waals surface area contributed by atoms with Gasteiger partial charge in [-0.15, -0.1) is 0 Å². The molecule has 2 heterocycles. The van der Waals surface area contributed by atoms with Gasteiger partial charge in [0, 0.05) is 11.3 Å². The van der Waals surface area contributed by atoms with Gasteiger partial charge in [-0.05, 0) is 37.6 Å². The Bertz CT molecular complexity index is 1350. The number of primary amides is 1. The van der Waals surface area contributed by atoms with Gasteiger partial charge in [-0.25, -0.2) is 4.79 Å². The Morgan fingerprint density at radius 2 is 1.58 bits per heavy atom. The standard InChI is InChI=1S/C29H30N4O5/c1-18-7-11-20(12-8-18)25(26(30)34)29(32-28(36)31-21-13-9-19(2)10-14-21)22-5-3-4-6-23(22)33(27(29)35)17-24-37-15-16-38-24/h3-14,24-25H,15-17H2,1-2H3,(H2,30,34)(H2,31,32,36). The molecule has 9 heteroatoms. The van der Waals surface area contributed by atoms with Crippen LogP contribution >= 0.6 is 0 Å². The average Bonchev–Trinajstić information content (AvgIpc) is 3.49. The fourth-order valence-electron chi connectivity index (χ4n) is 5.16.